The zero-order chi connectivity index (χ0) is 9.14. The predicted octanol–water partition coefficient (Wildman–Crippen LogP) is 1.92. The summed E-state index contributed by atoms with van der Waals surface area (Å²) >= 11 is 0. The molecule has 0 saturated carbocycles. The SMILES string of the molecule is C=CC(O)c1c(C)cccc1O. The van der Waals surface area contributed by atoms with Gasteiger partial charge in [0, 0.05) is 5.56 Å². The lowest BCUT2D eigenvalue weighted by Crippen LogP contribution is -1.96. The Balaban J connectivity index is 3.20. The number of hydrogen-bond donors (Lipinski definition) is 2. The van der Waals surface area contributed by atoms with Gasteiger partial charge in [-0.05, 0) is 18.6 Å². The second-order valence-electron chi connectivity index (χ2n) is 2.69. The average molecular weight is 164 g/mol. The van der Waals surface area contributed by atoms with Gasteiger partial charge in [0.1, 0.15) is 11.9 Å². The number of benzene rings is 1. The summed E-state index contributed by atoms with van der Waals surface area (Å²) in [5.74, 6) is 0.113. The highest BCUT2D eigenvalue weighted by molar-refractivity contribution is 5.41. The fourth-order valence-corrected chi connectivity index (χ4v) is 1.17. The van der Waals surface area contributed by atoms with Crippen molar-refractivity contribution in [3.8, 4) is 5.75 Å². The molecule has 1 aromatic carbocycles. The van der Waals surface area contributed by atoms with Crippen LogP contribution < -0.4 is 0 Å². The van der Waals surface area contributed by atoms with Crippen LogP contribution in [0.5, 0.6) is 5.75 Å². The summed E-state index contributed by atoms with van der Waals surface area (Å²) < 4.78 is 0. The summed E-state index contributed by atoms with van der Waals surface area (Å²) in [6, 6.07) is 5.13. The molecule has 0 amide bonds. The highest BCUT2D eigenvalue weighted by Gasteiger charge is 2.10. The van der Waals surface area contributed by atoms with Crippen molar-refractivity contribution in [3.05, 3.63) is 42.0 Å². The van der Waals surface area contributed by atoms with Crippen LogP contribution in [0.3, 0.4) is 0 Å². The van der Waals surface area contributed by atoms with Gasteiger partial charge in [-0.1, -0.05) is 18.2 Å². The third-order valence-electron chi connectivity index (χ3n) is 1.82. The molecule has 0 radical (unpaired) electrons. The first-order chi connectivity index (χ1) is 5.66. The van der Waals surface area contributed by atoms with E-state index in [1.807, 2.05) is 13.0 Å². The number of phenolic OH excluding ortho intramolecular Hbond substituents is 1. The standard InChI is InChI=1S/C10H12O2/c1-3-8(11)10-7(2)5-4-6-9(10)12/h3-6,8,11-12H,1H2,2H3. The zero-order valence-corrected chi connectivity index (χ0v) is 6.99. The molecule has 1 aromatic rings. The van der Waals surface area contributed by atoms with Crippen LogP contribution in [0.25, 0.3) is 0 Å². The monoisotopic (exact) mass is 164 g/mol. The maximum atomic E-state index is 9.41. The summed E-state index contributed by atoms with van der Waals surface area (Å²) in [6.07, 6.45) is 0.605. The minimum atomic E-state index is -0.786. The molecule has 0 bridgehead atoms. The largest absolute Gasteiger partial charge is 0.508 e. The van der Waals surface area contributed by atoms with E-state index in [2.05, 4.69) is 6.58 Å². The van der Waals surface area contributed by atoms with Gasteiger partial charge in [-0.3, -0.25) is 0 Å². The van der Waals surface area contributed by atoms with Crippen LogP contribution >= 0.6 is 0 Å². The second-order valence-corrected chi connectivity index (χ2v) is 2.69. The Morgan fingerprint density at radius 3 is 2.67 bits per heavy atom. The quantitative estimate of drug-likeness (QED) is 0.655. The van der Waals surface area contributed by atoms with Crippen molar-refractivity contribution in [1.29, 1.82) is 0 Å². The maximum Gasteiger partial charge on any atom is 0.121 e. The lowest BCUT2D eigenvalue weighted by atomic mass is 10.0. The Hall–Kier alpha value is -1.28. The number of rotatable bonds is 2. The Morgan fingerprint density at radius 1 is 1.50 bits per heavy atom. The summed E-state index contributed by atoms with van der Waals surface area (Å²) in [5.41, 5.74) is 1.40. The van der Waals surface area contributed by atoms with Crippen molar-refractivity contribution in [1.82, 2.24) is 0 Å². The zero-order valence-electron chi connectivity index (χ0n) is 6.99. The van der Waals surface area contributed by atoms with Crippen LogP contribution in [0.1, 0.15) is 17.2 Å². The van der Waals surface area contributed by atoms with Crippen molar-refractivity contribution in [2.45, 2.75) is 13.0 Å². The predicted molar refractivity (Wildman–Crippen MR) is 48.0 cm³/mol. The van der Waals surface area contributed by atoms with Gasteiger partial charge < -0.3 is 10.2 Å². The lowest BCUT2D eigenvalue weighted by Gasteiger charge is -2.10. The normalized spacial score (nSPS) is 12.5. The molecule has 0 aliphatic heterocycles. The van der Waals surface area contributed by atoms with Crippen LogP contribution in [0.15, 0.2) is 30.9 Å². The number of aliphatic hydroxyl groups is 1. The van der Waals surface area contributed by atoms with Crippen molar-refractivity contribution < 1.29 is 10.2 Å². The van der Waals surface area contributed by atoms with E-state index in [0.717, 1.165) is 5.56 Å². The number of aryl methyl sites for hydroxylation is 1. The molecule has 2 heteroatoms. The van der Waals surface area contributed by atoms with Gasteiger partial charge in [-0.15, -0.1) is 6.58 Å². The number of phenols is 1. The summed E-state index contributed by atoms with van der Waals surface area (Å²) in [5, 5.41) is 18.8. The first-order valence-corrected chi connectivity index (χ1v) is 3.76. The van der Waals surface area contributed by atoms with Crippen molar-refractivity contribution >= 4 is 0 Å². The molecule has 0 aliphatic carbocycles. The van der Waals surface area contributed by atoms with Crippen LogP contribution in [0, 0.1) is 6.92 Å². The van der Waals surface area contributed by atoms with E-state index in [9.17, 15) is 10.2 Å². The molecular formula is C10H12O2. The fourth-order valence-electron chi connectivity index (χ4n) is 1.17. The number of aliphatic hydroxyl groups excluding tert-OH is 1. The maximum absolute atomic E-state index is 9.41. The minimum Gasteiger partial charge on any atom is -0.508 e. The van der Waals surface area contributed by atoms with Crippen molar-refractivity contribution in [2.75, 3.05) is 0 Å². The fraction of sp³-hybridized carbons (Fsp3) is 0.200. The van der Waals surface area contributed by atoms with Gasteiger partial charge in [0.25, 0.3) is 0 Å². The van der Waals surface area contributed by atoms with Gasteiger partial charge in [0.15, 0.2) is 0 Å². The van der Waals surface area contributed by atoms with Gasteiger partial charge in [0.05, 0.1) is 0 Å². The van der Waals surface area contributed by atoms with Crippen LogP contribution in [0.4, 0.5) is 0 Å². The lowest BCUT2D eigenvalue weighted by molar-refractivity contribution is 0.223. The molecule has 2 nitrogen and oxygen atoms in total. The van der Waals surface area contributed by atoms with Gasteiger partial charge in [-0.2, -0.15) is 0 Å². The van der Waals surface area contributed by atoms with E-state index < -0.39 is 6.10 Å². The van der Waals surface area contributed by atoms with E-state index in [0.29, 0.717) is 5.56 Å². The molecule has 12 heavy (non-hydrogen) atoms. The van der Waals surface area contributed by atoms with E-state index in [1.54, 1.807) is 12.1 Å². The van der Waals surface area contributed by atoms with E-state index >= 15 is 0 Å². The molecule has 0 aromatic heterocycles. The van der Waals surface area contributed by atoms with Crippen LogP contribution in [-0.2, 0) is 0 Å². The number of aromatic hydroxyl groups is 1. The van der Waals surface area contributed by atoms with Crippen molar-refractivity contribution in [2.24, 2.45) is 0 Å². The molecule has 1 rings (SSSR count). The molecule has 0 spiro atoms. The molecule has 64 valence electrons. The van der Waals surface area contributed by atoms with Gasteiger partial charge >= 0.3 is 0 Å². The molecule has 1 atom stereocenters. The molecular weight excluding hydrogens is 152 g/mol. The summed E-state index contributed by atoms with van der Waals surface area (Å²) in [7, 11) is 0. The summed E-state index contributed by atoms with van der Waals surface area (Å²) in [4.78, 5) is 0. The Morgan fingerprint density at radius 2 is 2.17 bits per heavy atom. The Labute approximate surface area is 71.8 Å². The van der Waals surface area contributed by atoms with Crippen LogP contribution in [0.2, 0.25) is 0 Å². The third-order valence-corrected chi connectivity index (χ3v) is 1.82. The van der Waals surface area contributed by atoms with E-state index in [4.69, 9.17) is 0 Å². The molecule has 0 aliphatic rings. The highest BCUT2D eigenvalue weighted by atomic mass is 16.3. The topological polar surface area (TPSA) is 40.5 Å². The second kappa shape index (κ2) is 3.41. The molecule has 0 heterocycles. The third kappa shape index (κ3) is 1.48. The first kappa shape index (κ1) is 8.81. The van der Waals surface area contributed by atoms with Crippen LogP contribution in [-0.4, -0.2) is 10.2 Å². The van der Waals surface area contributed by atoms with Gasteiger partial charge in [-0.25, -0.2) is 0 Å². The first-order valence-electron chi connectivity index (χ1n) is 3.76. The Kier molecular flexibility index (Phi) is 2.51. The smallest absolute Gasteiger partial charge is 0.121 e. The molecule has 2 N–H and O–H groups in total. The van der Waals surface area contributed by atoms with Gasteiger partial charge in [0.2, 0.25) is 0 Å². The van der Waals surface area contributed by atoms with E-state index in [1.165, 1.54) is 6.08 Å². The summed E-state index contributed by atoms with van der Waals surface area (Å²) in [6.45, 7) is 5.29. The average Bonchev–Trinajstić information content (AvgIpc) is 2.03. The van der Waals surface area contributed by atoms with E-state index in [-0.39, 0.29) is 5.75 Å². The van der Waals surface area contributed by atoms with Crippen molar-refractivity contribution in [3.63, 3.8) is 0 Å². The molecule has 0 fully saturated rings. The molecule has 1 unspecified atom stereocenters. The number of hydrogen-bond acceptors (Lipinski definition) is 2. The Bertz CT molecular complexity index is 272. The highest BCUT2D eigenvalue weighted by Crippen LogP contribution is 2.27. The molecule has 0 saturated heterocycles. The minimum absolute atomic E-state index is 0.113.